The van der Waals surface area contributed by atoms with E-state index in [0.29, 0.717) is 0 Å². The molecule has 0 aromatic carbocycles. The molecule has 0 aliphatic rings. The van der Waals surface area contributed by atoms with E-state index in [0.717, 1.165) is 0 Å². The number of carbonyl (C=O) groups excluding carboxylic acids is 3. The Morgan fingerprint density at radius 1 is 1.19 bits per heavy atom. The summed E-state index contributed by atoms with van der Waals surface area (Å²) in [6.45, 7) is 1.56. The maximum absolute atomic E-state index is 10.9. The maximum atomic E-state index is 10.9. The molecule has 0 fully saturated rings. The third-order valence-electron chi connectivity index (χ3n) is 1.33. The van der Waals surface area contributed by atoms with Gasteiger partial charge in [-0.05, 0) is 6.92 Å². The van der Waals surface area contributed by atoms with Gasteiger partial charge >= 0.3 is 11.9 Å². The van der Waals surface area contributed by atoms with E-state index < -0.39 is 18.7 Å². The molecule has 0 unspecified atom stereocenters. The molecule has 0 aliphatic heterocycles. The van der Waals surface area contributed by atoms with Crippen molar-refractivity contribution in [1.29, 1.82) is 0 Å². The zero-order valence-corrected chi connectivity index (χ0v) is 8.97. The van der Waals surface area contributed by atoms with Gasteiger partial charge < -0.3 is 18.9 Å². The summed E-state index contributed by atoms with van der Waals surface area (Å²) in [5.41, 5.74) is 0. The molecule has 0 atom stereocenters. The van der Waals surface area contributed by atoms with Crippen LogP contribution in [-0.2, 0) is 33.3 Å². The zero-order chi connectivity index (χ0) is 12.2. The minimum Gasteiger partial charge on any atom is -0.464 e. The van der Waals surface area contributed by atoms with Gasteiger partial charge in [-0.25, -0.2) is 4.79 Å². The molecule has 0 amide bonds. The van der Waals surface area contributed by atoms with Crippen LogP contribution in [0.1, 0.15) is 13.3 Å². The highest BCUT2D eigenvalue weighted by Crippen LogP contribution is 1.89. The minimum atomic E-state index is -0.578. The van der Waals surface area contributed by atoms with Crippen LogP contribution in [0.3, 0.4) is 0 Å². The third kappa shape index (κ3) is 8.95. The Morgan fingerprint density at radius 2 is 1.94 bits per heavy atom. The Hall–Kier alpha value is -1.63. The lowest BCUT2D eigenvalue weighted by atomic mass is 10.5. The van der Waals surface area contributed by atoms with Gasteiger partial charge in [0, 0.05) is 0 Å². The molecule has 0 aromatic rings. The summed E-state index contributed by atoms with van der Waals surface area (Å²) in [5, 5.41) is 0. The third-order valence-corrected chi connectivity index (χ3v) is 1.33. The summed E-state index contributed by atoms with van der Waals surface area (Å²) in [6.07, 6.45) is -0.0262. The number of carbonyl (C=O) groups is 3. The van der Waals surface area contributed by atoms with E-state index in [1.54, 1.807) is 6.92 Å². The van der Waals surface area contributed by atoms with Gasteiger partial charge in [-0.2, -0.15) is 0 Å². The largest absolute Gasteiger partial charge is 0.464 e. The molecule has 0 radical (unpaired) electrons. The molecular formula is C9H14O7. The van der Waals surface area contributed by atoms with E-state index in [2.05, 4.69) is 14.2 Å². The first-order valence-electron chi connectivity index (χ1n) is 4.65. The van der Waals surface area contributed by atoms with E-state index in [1.165, 1.54) is 0 Å². The molecule has 0 aromatic heterocycles. The van der Waals surface area contributed by atoms with Crippen LogP contribution in [0.5, 0.6) is 0 Å². The van der Waals surface area contributed by atoms with Crippen molar-refractivity contribution in [2.45, 2.75) is 13.3 Å². The van der Waals surface area contributed by atoms with Crippen LogP contribution in [0, 0.1) is 0 Å². The monoisotopic (exact) mass is 234 g/mol. The molecule has 0 saturated heterocycles. The fraction of sp³-hybridized carbons (Fsp3) is 0.667. The number of hydrogen-bond acceptors (Lipinski definition) is 7. The van der Waals surface area contributed by atoms with Crippen LogP contribution in [0.25, 0.3) is 0 Å². The first-order chi connectivity index (χ1) is 7.70. The van der Waals surface area contributed by atoms with E-state index in [1.807, 2.05) is 0 Å². The lowest BCUT2D eigenvalue weighted by Crippen LogP contribution is -2.15. The zero-order valence-electron chi connectivity index (χ0n) is 8.97. The number of esters is 2. The van der Waals surface area contributed by atoms with Gasteiger partial charge in [0.1, 0.15) is 6.61 Å². The van der Waals surface area contributed by atoms with E-state index in [4.69, 9.17) is 4.74 Å². The second kappa shape index (κ2) is 9.91. The van der Waals surface area contributed by atoms with Crippen molar-refractivity contribution in [3.8, 4) is 0 Å². The average Bonchev–Trinajstić information content (AvgIpc) is 2.25. The van der Waals surface area contributed by atoms with Crippen molar-refractivity contribution in [2.24, 2.45) is 0 Å². The van der Waals surface area contributed by atoms with Crippen LogP contribution in [0.15, 0.2) is 0 Å². The van der Waals surface area contributed by atoms with Crippen LogP contribution < -0.4 is 0 Å². The molecule has 92 valence electrons. The number of rotatable bonds is 9. The summed E-state index contributed by atoms with van der Waals surface area (Å²) in [6, 6.07) is 0. The Kier molecular flexibility index (Phi) is 8.90. The van der Waals surface area contributed by atoms with Gasteiger partial charge in [-0.15, -0.1) is 0 Å². The van der Waals surface area contributed by atoms with E-state index >= 15 is 0 Å². The molecule has 0 aliphatic carbocycles. The summed E-state index contributed by atoms with van der Waals surface area (Å²) >= 11 is 0. The number of hydrogen-bond donors (Lipinski definition) is 0. The van der Waals surface area contributed by atoms with Crippen molar-refractivity contribution in [2.75, 3.05) is 26.6 Å². The standard InChI is InChI=1S/C9H14O7/c1-2-15-9(12)5-13-4-3-8(11)16-7-14-6-10/h6H,2-5,7H2,1H3. The molecule has 0 bridgehead atoms. The van der Waals surface area contributed by atoms with Crippen molar-refractivity contribution in [3.63, 3.8) is 0 Å². The fourth-order valence-corrected chi connectivity index (χ4v) is 0.713. The Labute approximate surface area is 92.6 Å². The molecule has 0 saturated carbocycles. The molecule has 16 heavy (non-hydrogen) atoms. The Balaban J connectivity index is 3.33. The Morgan fingerprint density at radius 3 is 2.56 bits per heavy atom. The lowest BCUT2D eigenvalue weighted by Gasteiger charge is -2.04. The molecule has 7 heteroatoms. The molecule has 0 N–H and O–H groups in total. The Bertz CT molecular complexity index is 226. The van der Waals surface area contributed by atoms with Crippen molar-refractivity contribution in [1.82, 2.24) is 0 Å². The van der Waals surface area contributed by atoms with Crippen LogP contribution in [-0.4, -0.2) is 45.0 Å². The predicted octanol–water partition coefficient (Wildman–Crippen LogP) is -0.370. The number of ether oxygens (including phenoxy) is 4. The van der Waals surface area contributed by atoms with Crippen molar-refractivity contribution in [3.05, 3.63) is 0 Å². The molecule has 0 heterocycles. The molecular weight excluding hydrogens is 220 g/mol. The maximum Gasteiger partial charge on any atom is 0.332 e. The van der Waals surface area contributed by atoms with E-state index in [9.17, 15) is 14.4 Å². The van der Waals surface area contributed by atoms with Gasteiger partial charge in [0.15, 0.2) is 0 Å². The summed E-state index contributed by atoms with van der Waals surface area (Å²) in [5.74, 6) is -1.06. The fourth-order valence-electron chi connectivity index (χ4n) is 0.713. The van der Waals surface area contributed by atoms with Crippen LogP contribution in [0.4, 0.5) is 0 Å². The second-order valence-corrected chi connectivity index (χ2v) is 2.50. The van der Waals surface area contributed by atoms with E-state index in [-0.39, 0.29) is 32.7 Å². The first kappa shape index (κ1) is 14.4. The van der Waals surface area contributed by atoms with Gasteiger partial charge in [0.25, 0.3) is 6.47 Å². The van der Waals surface area contributed by atoms with Gasteiger partial charge in [-0.1, -0.05) is 0 Å². The second-order valence-electron chi connectivity index (χ2n) is 2.50. The summed E-state index contributed by atoms with van der Waals surface area (Å²) in [4.78, 5) is 31.3. The topological polar surface area (TPSA) is 88.1 Å². The first-order valence-corrected chi connectivity index (χ1v) is 4.65. The van der Waals surface area contributed by atoms with Gasteiger partial charge in [0.2, 0.25) is 6.79 Å². The highest BCUT2D eigenvalue weighted by Gasteiger charge is 2.05. The summed E-state index contributed by atoms with van der Waals surface area (Å²) in [7, 11) is 0. The average molecular weight is 234 g/mol. The highest BCUT2D eigenvalue weighted by atomic mass is 16.7. The van der Waals surface area contributed by atoms with Crippen molar-refractivity contribution < 1.29 is 33.3 Å². The van der Waals surface area contributed by atoms with Gasteiger partial charge in [0.05, 0.1) is 19.6 Å². The normalized spacial score (nSPS) is 9.31. The lowest BCUT2D eigenvalue weighted by molar-refractivity contribution is -0.162. The smallest absolute Gasteiger partial charge is 0.332 e. The van der Waals surface area contributed by atoms with Crippen molar-refractivity contribution >= 4 is 18.4 Å². The predicted molar refractivity (Wildman–Crippen MR) is 50.2 cm³/mol. The molecule has 7 nitrogen and oxygen atoms in total. The minimum absolute atomic E-state index is 0.0262. The van der Waals surface area contributed by atoms with Crippen LogP contribution in [0.2, 0.25) is 0 Å². The van der Waals surface area contributed by atoms with Crippen LogP contribution >= 0.6 is 0 Å². The highest BCUT2D eigenvalue weighted by molar-refractivity contribution is 5.71. The van der Waals surface area contributed by atoms with Gasteiger partial charge in [-0.3, -0.25) is 9.59 Å². The molecule has 0 rings (SSSR count). The molecule has 0 spiro atoms. The summed E-state index contributed by atoms with van der Waals surface area (Å²) < 4.78 is 18.0. The SMILES string of the molecule is CCOC(=O)COCCC(=O)OCOC=O. The quantitative estimate of drug-likeness (QED) is 0.233.